The van der Waals surface area contributed by atoms with Crippen molar-refractivity contribution in [3.8, 4) is 5.69 Å². The van der Waals surface area contributed by atoms with E-state index < -0.39 is 5.82 Å². The van der Waals surface area contributed by atoms with E-state index in [1.54, 1.807) is 30.4 Å². The van der Waals surface area contributed by atoms with Gasteiger partial charge in [-0.05, 0) is 81.7 Å². The first kappa shape index (κ1) is 27.8. The fourth-order valence-electron chi connectivity index (χ4n) is 6.85. The molecule has 1 N–H and O–H groups in total. The van der Waals surface area contributed by atoms with Gasteiger partial charge in [-0.15, -0.1) is 0 Å². The lowest BCUT2D eigenvalue weighted by molar-refractivity contribution is -0.137. The van der Waals surface area contributed by atoms with Gasteiger partial charge < -0.3 is 19.7 Å². The van der Waals surface area contributed by atoms with Crippen molar-refractivity contribution in [2.24, 2.45) is 5.92 Å². The van der Waals surface area contributed by atoms with Crippen molar-refractivity contribution < 1.29 is 14.0 Å². The van der Waals surface area contributed by atoms with Crippen LogP contribution in [0.3, 0.4) is 0 Å². The van der Waals surface area contributed by atoms with Gasteiger partial charge in [0.05, 0.1) is 29.0 Å². The molecule has 3 aliphatic heterocycles. The Bertz CT molecular complexity index is 1430. The first-order valence-electron chi connectivity index (χ1n) is 15.1. The van der Waals surface area contributed by atoms with E-state index in [0.717, 1.165) is 55.6 Å². The average molecular weight is 561 g/mol. The second kappa shape index (κ2) is 11.5. The van der Waals surface area contributed by atoms with E-state index in [1.807, 2.05) is 24.5 Å². The van der Waals surface area contributed by atoms with Gasteiger partial charge in [-0.25, -0.2) is 4.39 Å². The Balaban J connectivity index is 1.23. The molecule has 1 atom stereocenters. The van der Waals surface area contributed by atoms with Crippen LogP contribution in [-0.4, -0.2) is 87.4 Å². The Hall–Kier alpha value is -3.30. The van der Waals surface area contributed by atoms with Gasteiger partial charge in [0, 0.05) is 69.6 Å². The van der Waals surface area contributed by atoms with E-state index in [-0.39, 0.29) is 23.9 Å². The van der Waals surface area contributed by atoms with E-state index >= 15 is 0 Å². The molecule has 2 aromatic heterocycles. The van der Waals surface area contributed by atoms with E-state index in [9.17, 15) is 14.0 Å². The Morgan fingerprint density at radius 1 is 1.10 bits per heavy atom. The van der Waals surface area contributed by atoms with Crippen molar-refractivity contribution in [2.45, 2.75) is 70.6 Å². The third-order valence-corrected chi connectivity index (χ3v) is 9.45. The van der Waals surface area contributed by atoms with E-state index in [4.69, 9.17) is 0 Å². The van der Waals surface area contributed by atoms with Gasteiger partial charge in [0.15, 0.2) is 0 Å². The molecule has 2 amide bonds. The minimum atomic E-state index is -0.441. The Morgan fingerprint density at radius 2 is 1.90 bits per heavy atom. The van der Waals surface area contributed by atoms with E-state index in [2.05, 4.69) is 26.3 Å². The maximum absolute atomic E-state index is 14.4. The molecule has 1 saturated carbocycles. The molecule has 5 heterocycles. The zero-order valence-corrected chi connectivity index (χ0v) is 24.4. The molecule has 3 aromatic rings. The molecule has 2 bridgehead atoms. The second-order valence-electron chi connectivity index (χ2n) is 12.3. The minimum absolute atomic E-state index is 0.0121. The van der Waals surface area contributed by atoms with Gasteiger partial charge in [-0.3, -0.25) is 19.5 Å². The lowest BCUT2D eigenvalue weighted by Gasteiger charge is -2.44. The quantitative estimate of drug-likeness (QED) is 0.489. The number of carbonyl (C=O) groups excluding carboxylic acids is 2. The van der Waals surface area contributed by atoms with E-state index in [0.29, 0.717) is 23.2 Å². The summed E-state index contributed by atoms with van der Waals surface area (Å²) in [5, 5.41) is 4.68. The average Bonchev–Trinajstić information content (AvgIpc) is 3.18. The van der Waals surface area contributed by atoms with Gasteiger partial charge in [-0.2, -0.15) is 0 Å². The summed E-state index contributed by atoms with van der Waals surface area (Å²) in [6.45, 7) is 7.84. The number of nitrogens with zero attached hydrogens (tertiary/aromatic N) is 5. The molecule has 1 aromatic carbocycles. The summed E-state index contributed by atoms with van der Waals surface area (Å²) >= 11 is 0. The predicted octanol–water partition coefficient (Wildman–Crippen LogP) is 4.21. The third-order valence-electron chi connectivity index (χ3n) is 9.45. The summed E-state index contributed by atoms with van der Waals surface area (Å²) in [7, 11) is 1.74. The van der Waals surface area contributed by atoms with Crippen LogP contribution in [0.1, 0.15) is 61.9 Å². The molecular weight excluding hydrogens is 519 g/mol. The molecule has 9 heteroatoms. The van der Waals surface area contributed by atoms with Crippen molar-refractivity contribution in [3.05, 3.63) is 59.8 Å². The van der Waals surface area contributed by atoms with Crippen LogP contribution in [0.2, 0.25) is 0 Å². The summed E-state index contributed by atoms with van der Waals surface area (Å²) < 4.78 is 16.3. The number of amides is 2. The van der Waals surface area contributed by atoms with Gasteiger partial charge in [0.25, 0.3) is 5.91 Å². The number of piperidine rings is 2. The van der Waals surface area contributed by atoms with Gasteiger partial charge in [-0.1, -0.05) is 0 Å². The Morgan fingerprint density at radius 3 is 2.63 bits per heavy atom. The number of hydrogen-bond acceptors (Lipinski definition) is 5. The second-order valence-corrected chi connectivity index (χ2v) is 12.3. The predicted molar refractivity (Wildman–Crippen MR) is 157 cm³/mol. The number of benzene rings is 1. The highest BCUT2D eigenvalue weighted by Crippen LogP contribution is 2.34. The molecule has 4 fully saturated rings. The largest absolute Gasteiger partial charge is 0.340 e. The van der Waals surface area contributed by atoms with Crippen LogP contribution in [0, 0.1) is 11.7 Å². The molecule has 1 unspecified atom stereocenters. The zero-order chi connectivity index (χ0) is 28.7. The van der Waals surface area contributed by atoms with Crippen molar-refractivity contribution in [1.29, 1.82) is 0 Å². The van der Waals surface area contributed by atoms with Crippen molar-refractivity contribution in [3.63, 3.8) is 0 Å². The first-order chi connectivity index (χ1) is 19.8. The molecule has 41 heavy (non-hydrogen) atoms. The lowest BCUT2D eigenvalue weighted by atomic mass is 9.76. The van der Waals surface area contributed by atoms with Crippen molar-refractivity contribution in [1.82, 2.24) is 29.6 Å². The van der Waals surface area contributed by atoms with Crippen LogP contribution in [0.4, 0.5) is 4.39 Å². The zero-order valence-electron chi connectivity index (χ0n) is 24.4. The molecule has 0 spiro atoms. The molecule has 3 saturated heterocycles. The summed E-state index contributed by atoms with van der Waals surface area (Å²) in [6.07, 6.45) is 11.3. The molecule has 1 aliphatic carbocycles. The van der Waals surface area contributed by atoms with Crippen LogP contribution in [0.25, 0.3) is 16.6 Å². The SMILES string of the molecule is CC(C)N(C)C(=O)c1cc(F)ccc1-n1cc(CN2CCCN(C(=O)C3NC4CCC3CC4)CC2)c2ccncc21. The molecule has 7 rings (SSSR count). The van der Waals surface area contributed by atoms with Crippen LogP contribution in [0.15, 0.2) is 42.9 Å². The van der Waals surface area contributed by atoms with Crippen LogP contribution >= 0.6 is 0 Å². The number of nitrogens with one attached hydrogen (secondary N) is 1. The molecular formula is C32H41FN6O2. The van der Waals surface area contributed by atoms with Gasteiger partial charge >= 0.3 is 0 Å². The van der Waals surface area contributed by atoms with Gasteiger partial charge in [0.1, 0.15) is 5.82 Å². The number of rotatable bonds is 6. The summed E-state index contributed by atoms with van der Waals surface area (Å²) in [5.41, 5.74) is 2.95. The Kier molecular flexibility index (Phi) is 7.83. The maximum atomic E-state index is 14.4. The number of fused-ring (bicyclic) bond motifs is 4. The smallest absolute Gasteiger partial charge is 0.256 e. The number of pyridine rings is 1. The van der Waals surface area contributed by atoms with Crippen molar-refractivity contribution in [2.75, 3.05) is 33.2 Å². The highest BCUT2D eigenvalue weighted by Gasteiger charge is 2.40. The van der Waals surface area contributed by atoms with E-state index in [1.165, 1.54) is 37.8 Å². The summed E-state index contributed by atoms with van der Waals surface area (Å²) in [5.74, 6) is 0.0997. The van der Waals surface area contributed by atoms with Crippen LogP contribution in [-0.2, 0) is 11.3 Å². The highest BCUT2D eigenvalue weighted by molar-refractivity contribution is 5.99. The first-order valence-corrected chi connectivity index (χ1v) is 15.1. The summed E-state index contributed by atoms with van der Waals surface area (Å²) in [6, 6.07) is 6.88. The molecule has 218 valence electrons. The lowest BCUT2D eigenvalue weighted by Crippen LogP contribution is -2.59. The highest BCUT2D eigenvalue weighted by atomic mass is 19.1. The number of carbonyl (C=O) groups is 2. The maximum Gasteiger partial charge on any atom is 0.256 e. The molecule has 0 radical (unpaired) electrons. The van der Waals surface area contributed by atoms with Crippen LogP contribution in [0.5, 0.6) is 0 Å². The van der Waals surface area contributed by atoms with Gasteiger partial charge in [0.2, 0.25) is 5.91 Å². The third kappa shape index (κ3) is 5.49. The number of aromatic nitrogens is 2. The monoisotopic (exact) mass is 560 g/mol. The fraction of sp³-hybridized carbons (Fsp3) is 0.531. The fourth-order valence-corrected chi connectivity index (χ4v) is 6.85. The van der Waals surface area contributed by atoms with Crippen molar-refractivity contribution >= 4 is 22.7 Å². The Labute approximate surface area is 241 Å². The molecule has 4 aliphatic rings. The number of halogens is 1. The topological polar surface area (TPSA) is 73.7 Å². The normalized spacial score (nSPS) is 23.2. The molecule has 8 nitrogen and oxygen atoms in total. The number of hydrogen-bond donors (Lipinski definition) is 1. The van der Waals surface area contributed by atoms with Crippen LogP contribution < -0.4 is 5.32 Å². The minimum Gasteiger partial charge on any atom is -0.340 e. The standard InChI is InChI=1S/C32H41FN6O2/c1-21(2)36(3)31(40)27-17-24(33)7-10-28(27)39-20-23(26-11-12-34-18-29(26)39)19-37-13-4-14-38(16-15-37)32(41)30-22-5-8-25(35-30)9-6-22/h7,10-12,17-18,20-22,25,30,35H,4-6,8-9,13-16,19H2,1-3H3. The summed E-state index contributed by atoms with van der Waals surface area (Å²) in [4.78, 5) is 37.3.